The van der Waals surface area contributed by atoms with Gasteiger partial charge in [0.25, 0.3) is 0 Å². The number of phenols is 1. The fourth-order valence-corrected chi connectivity index (χ4v) is 5.03. The quantitative estimate of drug-likeness (QED) is 0.208. The molecule has 2 nitrogen and oxygen atoms in total. The first-order valence-corrected chi connectivity index (χ1v) is 15.8. The average Bonchev–Trinajstić information content (AvgIpc) is 2.83. The van der Waals surface area contributed by atoms with Gasteiger partial charge in [0.2, 0.25) is 0 Å². The van der Waals surface area contributed by atoms with Crippen LogP contribution in [-0.2, 0) is 23.6 Å². The van der Waals surface area contributed by atoms with E-state index >= 15 is 0 Å². The summed E-state index contributed by atoms with van der Waals surface area (Å²) in [6, 6.07) is 33.4. The number of benzene rings is 4. The molecule has 1 atom stereocenters. The number of para-hydroxylation sites is 2. The van der Waals surface area contributed by atoms with Gasteiger partial charge in [-0.15, -0.1) is 0 Å². The standard InChI is InChI=1S/C27H26NOP.2ClH.Ti/c1-20-16-17-25(29)26(18-20)30-27-21(2)10-9-11-22(27)19-28(23-12-5-3-6-13-23)24-14-7-4-8-15-24;;;/h3-18,29-30H,19H2,1-2H3;2*1H;/q;;;+2/p-2. The van der Waals surface area contributed by atoms with Gasteiger partial charge in [-0.1, -0.05) is 74.8 Å². The molecule has 168 valence electrons. The molecular formula is C27H26Cl2NOPTi. The zero-order valence-corrected chi connectivity index (χ0v) is 22.7. The Morgan fingerprint density at radius 1 is 0.788 bits per heavy atom. The third kappa shape index (κ3) is 7.34. The molecule has 0 aliphatic carbocycles. The Hall–Kier alpha value is -1.80. The van der Waals surface area contributed by atoms with Gasteiger partial charge in [0.05, 0.1) is 0 Å². The van der Waals surface area contributed by atoms with Gasteiger partial charge >= 0.3 is 35.6 Å². The number of phenolic OH excluding ortho intramolecular Hbond substituents is 1. The third-order valence-corrected chi connectivity index (χ3v) is 6.87. The van der Waals surface area contributed by atoms with E-state index < -0.39 is 17.0 Å². The van der Waals surface area contributed by atoms with Crippen LogP contribution in [0.15, 0.2) is 97.1 Å². The summed E-state index contributed by atoms with van der Waals surface area (Å²) >= 11 is -0.556. The molecule has 4 aromatic carbocycles. The van der Waals surface area contributed by atoms with Crippen LogP contribution in [-0.4, -0.2) is 5.11 Å². The predicted molar refractivity (Wildman–Crippen MR) is 142 cm³/mol. The minimum atomic E-state index is -0.556. The number of hydrogen-bond donors (Lipinski definition) is 1. The van der Waals surface area contributed by atoms with E-state index in [1.54, 1.807) is 6.07 Å². The second-order valence-corrected chi connectivity index (χ2v) is 11.5. The van der Waals surface area contributed by atoms with Gasteiger partial charge < -0.3 is 10.0 Å². The zero-order chi connectivity index (χ0) is 23.6. The topological polar surface area (TPSA) is 23.5 Å². The minimum absolute atomic E-state index is 0.371. The summed E-state index contributed by atoms with van der Waals surface area (Å²) in [6.45, 7) is 5.00. The molecule has 0 amide bonds. The van der Waals surface area contributed by atoms with Gasteiger partial charge in [0.1, 0.15) is 5.75 Å². The number of aromatic hydroxyl groups is 1. The van der Waals surface area contributed by atoms with E-state index in [-0.39, 0.29) is 0 Å². The first kappa shape index (κ1) is 25.8. The van der Waals surface area contributed by atoms with Crippen molar-refractivity contribution in [3.63, 3.8) is 0 Å². The molecule has 0 radical (unpaired) electrons. The molecule has 0 heterocycles. The van der Waals surface area contributed by atoms with Crippen molar-refractivity contribution in [3.05, 3.63) is 114 Å². The van der Waals surface area contributed by atoms with Crippen LogP contribution in [0.2, 0.25) is 0 Å². The Labute approximate surface area is 215 Å². The summed E-state index contributed by atoms with van der Waals surface area (Å²) in [4.78, 5) is 2.35. The molecule has 4 rings (SSSR count). The summed E-state index contributed by atoms with van der Waals surface area (Å²) in [5, 5.41) is 12.7. The molecule has 6 heteroatoms. The molecular weight excluding hydrogens is 504 g/mol. The summed E-state index contributed by atoms with van der Waals surface area (Å²) in [5.41, 5.74) is 6.03. The van der Waals surface area contributed by atoms with Gasteiger partial charge in [-0.05, 0) is 66.7 Å². The van der Waals surface area contributed by atoms with Crippen LogP contribution in [0.4, 0.5) is 11.4 Å². The predicted octanol–water partition coefficient (Wildman–Crippen LogP) is 7.35. The van der Waals surface area contributed by atoms with Crippen LogP contribution in [0.25, 0.3) is 0 Å². The van der Waals surface area contributed by atoms with Crippen molar-refractivity contribution < 1.29 is 22.1 Å². The van der Waals surface area contributed by atoms with Crippen LogP contribution in [0.1, 0.15) is 16.7 Å². The fourth-order valence-electron chi connectivity index (χ4n) is 3.64. The molecule has 0 saturated heterocycles. The summed E-state index contributed by atoms with van der Waals surface area (Å²) in [7, 11) is 10.2. The molecule has 0 aliphatic rings. The van der Waals surface area contributed by atoms with Crippen molar-refractivity contribution in [2.24, 2.45) is 0 Å². The van der Waals surface area contributed by atoms with Crippen LogP contribution in [0.3, 0.4) is 0 Å². The van der Waals surface area contributed by atoms with Gasteiger partial charge in [0, 0.05) is 23.2 Å². The molecule has 1 N–H and O–H groups in total. The fraction of sp³-hybridized carbons (Fsp3) is 0.111. The molecule has 0 fully saturated rings. The van der Waals surface area contributed by atoms with Gasteiger partial charge in [-0.3, -0.25) is 0 Å². The molecule has 0 spiro atoms. The van der Waals surface area contributed by atoms with Crippen molar-refractivity contribution in [1.82, 2.24) is 0 Å². The SMILES string of the molecule is Cc1ccc(O)c(Pc2c(C)cccc2CN(c2ccccc2)c2ccccc2)c1.[Cl][Ti][Cl]. The second kappa shape index (κ2) is 13.2. The van der Waals surface area contributed by atoms with E-state index in [1.807, 2.05) is 18.2 Å². The number of hydrogen-bond acceptors (Lipinski definition) is 2. The van der Waals surface area contributed by atoms with E-state index in [9.17, 15) is 5.11 Å². The Morgan fingerprint density at radius 3 is 1.94 bits per heavy atom. The monoisotopic (exact) mass is 529 g/mol. The normalized spacial score (nSPS) is 10.5. The van der Waals surface area contributed by atoms with Crippen molar-refractivity contribution in [3.8, 4) is 5.75 Å². The van der Waals surface area contributed by atoms with Crippen molar-refractivity contribution in [2.45, 2.75) is 20.4 Å². The van der Waals surface area contributed by atoms with Gasteiger partial charge in [-0.2, -0.15) is 0 Å². The first-order valence-electron chi connectivity index (χ1n) is 10.5. The summed E-state index contributed by atoms with van der Waals surface area (Å²) in [6.07, 6.45) is 0. The third-order valence-electron chi connectivity index (χ3n) is 5.24. The molecule has 0 bridgehead atoms. The van der Waals surface area contributed by atoms with Crippen LogP contribution < -0.4 is 15.5 Å². The number of nitrogens with zero attached hydrogens (tertiary/aromatic N) is 1. The van der Waals surface area contributed by atoms with Gasteiger partial charge in [0.15, 0.2) is 0 Å². The summed E-state index contributed by atoms with van der Waals surface area (Å²) < 4.78 is 0. The van der Waals surface area contributed by atoms with Gasteiger partial charge in [-0.25, -0.2) is 0 Å². The Morgan fingerprint density at radius 2 is 1.36 bits per heavy atom. The molecule has 1 unspecified atom stereocenters. The first-order chi connectivity index (χ1) is 16.0. The van der Waals surface area contributed by atoms with Crippen molar-refractivity contribution in [1.29, 1.82) is 0 Å². The molecule has 0 saturated carbocycles. The Kier molecular flexibility index (Phi) is 10.3. The van der Waals surface area contributed by atoms with Crippen LogP contribution in [0, 0.1) is 13.8 Å². The second-order valence-electron chi connectivity index (χ2n) is 7.58. The van der Waals surface area contributed by atoms with E-state index in [0.29, 0.717) is 14.3 Å². The average molecular weight is 530 g/mol. The Bertz CT molecular complexity index is 1120. The molecule has 0 aliphatic heterocycles. The van der Waals surface area contributed by atoms with Crippen LogP contribution >= 0.6 is 27.2 Å². The number of anilines is 2. The summed E-state index contributed by atoms with van der Waals surface area (Å²) in [5.74, 6) is 0.371. The maximum absolute atomic E-state index is 10.4. The number of aryl methyl sites for hydroxylation is 2. The van der Waals surface area contributed by atoms with Crippen molar-refractivity contribution >= 4 is 49.2 Å². The molecule has 0 aromatic heterocycles. The molecule has 33 heavy (non-hydrogen) atoms. The van der Waals surface area contributed by atoms with E-state index in [0.717, 1.165) is 23.2 Å². The number of halogens is 2. The maximum atomic E-state index is 10.4. The number of rotatable bonds is 6. The van der Waals surface area contributed by atoms with E-state index in [2.05, 4.69) is 91.5 Å². The van der Waals surface area contributed by atoms with E-state index in [4.69, 9.17) is 18.6 Å². The zero-order valence-electron chi connectivity index (χ0n) is 18.6. The Balaban J connectivity index is 0.000000968. The van der Waals surface area contributed by atoms with Crippen molar-refractivity contribution in [2.75, 3.05) is 4.90 Å². The van der Waals surface area contributed by atoms with E-state index in [1.165, 1.54) is 22.0 Å². The molecule has 4 aromatic rings. The van der Waals surface area contributed by atoms with Crippen LogP contribution in [0.5, 0.6) is 5.75 Å².